The molecule has 0 saturated carbocycles. The summed E-state index contributed by atoms with van der Waals surface area (Å²) in [6, 6.07) is 7.00. The predicted octanol–water partition coefficient (Wildman–Crippen LogP) is 3.34. The maximum atomic E-state index is 12.6. The van der Waals surface area contributed by atoms with Crippen LogP contribution < -0.4 is 29.6 Å². The van der Waals surface area contributed by atoms with E-state index in [0.29, 0.717) is 34.2 Å². The number of anilines is 1. The number of ether oxygens (including phenoxy) is 4. The molecule has 26 heavy (non-hydrogen) atoms. The van der Waals surface area contributed by atoms with Gasteiger partial charge in [-0.25, -0.2) is 0 Å². The van der Waals surface area contributed by atoms with Gasteiger partial charge in [0, 0.05) is 16.1 Å². The van der Waals surface area contributed by atoms with Crippen molar-refractivity contribution >= 4 is 27.5 Å². The average Bonchev–Trinajstić information content (AvgIpc) is 2.66. The third-order valence-corrected chi connectivity index (χ3v) is 4.84. The van der Waals surface area contributed by atoms with Gasteiger partial charge in [-0.1, -0.05) is 15.9 Å². The quantitative estimate of drug-likeness (QED) is 0.769. The minimum Gasteiger partial charge on any atom is -0.493 e. The first-order chi connectivity index (χ1) is 12.5. The number of carbonyl (C=O) groups excluding carboxylic acids is 1. The van der Waals surface area contributed by atoms with Crippen molar-refractivity contribution in [1.82, 2.24) is 5.32 Å². The van der Waals surface area contributed by atoms with E-state index >= 15 is 0 Å². The molecule has 0 fully saturated rings. The van der Waals surface area contributed by atoms with Crippen molar-refractivity contribution in [3.8, 4) is 23.0 Å². The second-order valence-electron chi connectivity index (χ2n) is 5.53. The number of hydrogen-bond acceptors (Lipinski definition) is 6. The number of fused-ring (bicyclic) bond motifs is 1. The largest absolute Gasteiger partial charge is 0.493 e. The molecule has 2 aromatic rings. The summed E-state index contributed by atoms with van der Waals surface area (Å²) in [5, 5.41) is 6.24. The number of methoxy groups -OCH3 is 4. The van der Waals surface area contributed by atoms with Gasteiger partial charge in [0.25, 0.3) is 5.91 Å². The molecule has 1 aliphatic heterocycles. The Kier molecular flexibility index (Phi) is 5.13. The summed E-state index contributed by atoms with van der Waals surface area (Å²) < 4.78 is 22.0. The minimum atomic E-state index is -0.456. The van der Waals surface area contributed by atoms with Crippen molar-refractivity contribution in [2.75, 3.05) is 33.8 Å². The zero-order valence-corrected chi connectivity index (χ0v) is 16.4. The molecule has 7 nitrogen and oxygen atoms in total. The van der Waals surface area contributed by atoms with Gasteiger partial charge in [0.15, 0.2) is 23.0 Å². The molecule has 1 amide bonds. The Morgan fingerprint density at radius 2 is 1.35 bits per heavy atom. The summed E-state index contributed by atoms with van der Waals surface area (Å²) in [6.45, 7) is 0. The van der Waals surface area contributed by atoms with Crippen LogP contribution in [0.25, 0.3) is 0 Å². The molecule has 0 saturated heterocycles. The minimum absolute atomic E-state index is 0.216. The lowest BCUT2D eigenvalue weighted by Crippen LogP contribution is -2.38. The molecule has 138 valence electrons. The third-order valence-electron chi connectivity index (χ3n) is 4.16. The molecular weight excluding hydrogens is 404 g/mol. The third kappa shape index (κ3) is 3.12. The Morgan fingerprint density at radius 3 is 1.96 bits per heavy atom. The van der Waals surface area contributed by atoms with E-state index in [1.807, 2.05) is 6.07 Å². The average molecular weight is 423 g/mol. The standard InChI is InChI=1S/C18H19BrN2O5/c1-23-13-5-9(11(19)7-15(13)25-3)17-20-12-8-16(26-4)14(24-2)6-10(12)18(22)21-17/h5-8,17,20H,1-4H3,(H,21,22)/t17-/m0/s1. The summed E-state index contributed by atoms with van der Waals surface area (Å²) in [5.74, 6) is 1.98. The topological polar surface area (TPSA) is 78.1 Å². The summed E-state index contributed by atoms with van der Waals surface area (Å²) in [5.41, 5.74) is 1.94. The molecule has 0 radical (unpaired) electrons. The van der Waals surface area contributed by atoms with Crippen molar-refractivity contribution in [2.24, 2.45) is 0 Å². The monoisotopic (exact) mass is 422 g/mol. The molecule has 0 aromatic heterocycles. The summed E-state index contributed by atoms with van der Waals surface area (Å²) in [6.07, 6.45) is -0.456. The molecular formula is C18H19BrN2O5. The lowest BCUT2D eigenvalue weighted by atomic mass is 10.0. The fourth-order valence-electron chi connectivity index (χ4n) is 2.83. The highest BCUT2D eigenvalue weighted by atomic mass is 79.9. The van der Waals surface area contributed by atoms with Crippen LogP contribution in [0.4, 0.5) is 5.69 Å². The fraction of sp³-hybridized carbons (Fsp3) is 0.278. The van der Waals surface area contributed by atoms with Crippen LogP contribution >= 0.6 is 15.9 Å². The first-order valence-corrected chi connectivity index (χ1v) is 8.56. The van der Waals surface area contributed by atoms with Gasteiger partial charge in [0.1, 0.15) is 6.17 Å². The SMILES string of the molecule is COc1cc(Br)c([C@@H]2NC(=O)c3cc(OC)c(OC)cc3N2)cc1OC. The van der Waals surface area contributed by atoms with Crippen LogP contribution in [0.5, 0.6) is 23.0 Å². The first-order valence-electron chi connectivity index (χ1n) is 7.77. The molecule has 0 unspecified atom stereocenters. The molecule has 0 bridgehead atoms. The fourth-order valence-corrected chi connectivity index (χ4v) is 3.38. The summed E-state index contributed by atoms with van der Waals surface area (Å²) in [4.78, 5) is 12.6. The lowest BCUT2D eigenvalue weighted by molar-refractivity contribution is 0.0935. The Bertz CT molecular complexity index is 856. The molecule has 2 aromatic carbocycles. The van der Waals surface area contributed by atoms with E-state index in [9.17, 15) is 4.79 Å². The number of rotatable bonds is 5. The second kappa shape index (κ2) is 7.33. The molecule has 1 atom stereocenters. The van der Waals surface area contributed by atoms with E-state index in [4.69, 9.17) is 18.9 Å². The van der Waals surface area contributed by atoms with E-state index in [-0.39, 0.29) is 5.91 Å². The second-order valence-corrected chi connectivity index (χ2v) is 6.39. The Labute approximate surface area is 159 Å². The molecule has 1 heterocycles. The van der Waals surface area contributed by atoms with E-state index < -0.39 is 6.17 Å². The zero-order valence-electron chi connectivity index (χ0n) is 14.8. The lowest BCUT2D eigenvalue weighted by Gasteiger charge is -2.30. The predicted molar refractivity (Wildman–Crippen MR) is 101 cm³/mol. The van der Waals surface area contributed by atoms with Gasteiger partial charge in [-0.2, -0.15) is 0 Å². The maximum absolute atomic E-state index is 12.6. The molecule has 3 rings (SSSR count). The van der Waals surface area contributed by atoms with Crippen molar-refractivity contribution in [3.63, 3.8) is 0 Å². The smallest absolute Gasteiger partial charge is 0.255 e. The highest BCUT2D eigenvalue weighted by molar-refractivity contribution is 9.10. The number of benzene rings is 2. The van der Waals surface area contributed by atoms with Gasteiger partial charge >= 0.3 is 0 Å². The van der Waals surface area contributed by atoms with Crippen LogP contribution in [0.2, 0.25) is 0 Å². The molecule has 0 aliphatic carbocycles. The van der Waals surface area contributed by atoms with E-state index in [1.54, 1.807) is 39.5 Å². The Morgan fingerprint density at radius 1 is 0.808 bits per heavy atom. The number of amides is 1. The van der Waals surface area contributed by atoms with Gasteiger partial charge in [-0.05, 0) is 18.2 Å². The van der Waals surface area contributed by atoms with Crippen molar-refractivity contribution < 1.29 is 23.7 Å². The summed E-state index contributed by atoms with van der Waals surface area (Å²) >= 11 is 3.53. The highest BCUT2D eigenvalue weighted by Gasteiger charge is 2.28. The normalized spacial score (nSPS) is 15.4. The van der Waals surface area contributed by atoms with Crippen LogP contribution in [-0.2, 0) is 0 Å². The van der Waals surface area contributed by atoms with E-state index in [1.165, 1.54) is 7.11 Å². The number of hydrogen-bond donors (Lipinski definition) is 2. The van der Waals surface area contributed by atoms with Gasteiger partial charge in [0.05, 0.1) is 39.7 Å². The van der Waals surface area contributed by atoms with Crippen LogP contribution in [0.3, 0.4) is 0 Å². The van der Waals surface area contributed by atoms with Gasteiger partial charge in [-0.15, -0.1) is 0 Å². The molecule has 1 aliphatic rings. The van der Waals surface area contributed by atoms with Crippen LogP contribution in [0, 0.1) is 0 Å². The highest BCUT2D eigenvalue weighted by Crippen LogP contribution is 2.40. The van der Waals surface area contributed by atoms with Crippen LogP contribution in [0.15, 0.2) is 28.7 Å². The van der Waals surface area contributed by atoms with Crippen molar-refractivity contribution in [1.29, 1.82) is 0 Å². The van der Waals surface area contributed by atoms with Crippen molar-refractivity contribution in [3.05, 3.63) is 39.9 Å². The zero-order chi connectivity index (χ0) is 18.8. The molecule has 0 spiro atoms. The van der Waals surface area contributed by atoms with E-state index in [2.05, 4.69) is 26.6 Å². The van der Waals surface area contributed by atoms with Crippen LogP contribution in [-0.4, -0.2) is 34.3 Å². The number of carbonyl (C=O) groups is 1. The van der Waals surface area contributed by atoms with Gasteiger partial charge < -0.3 is 29.6 Å². The maximum Gasteiger partial charge on any atom is 0.255 e. The summed E-state index contributed by atoms with van der Waals surface area (Å²) in [7, 11) is 6.22. The number of nitrogens with one attached hydrogen (secondary N) is 2. The van der Waals surface area contributed by atoms with Gasteiger partial charge in [0.2, 0.25) is 0 Å². The Balaban J connectivity index is 2.02. The van der Waals surface area contributed by atoms with Crippen LogP contribution in [0.1, 0.15) is 22.1 Å². The Hall–Kier alpha value is -2.61. The first kappa shape index (κ1) is 18.2. The van der Waals surface area contributed by atoms with E-state index in [0.717, 1.165) is 10.0 Å². The van der Waals surface area contributed by atoms with Crippen molar-refractivity contribution in [2.45, 2.75) is 6.17 Å². The molecule has 8 heteroatoms. The van der Waals surface area contributed by atoms with Gasteiger partial charge in [-0.3, -0.25) is 4.79 Å². The number of halogens is 1. The molecule has 2 N–H and O–H groups in total.